The van der Waals surface area contributed by atoms with Crippen LogP contribution in [0.4, 0.5) is 11.4 Å². The van der Waals surface area contributed by atoms with Crippen LogP contribution < -0.4 is 25.8 Å². The molecule has 3 aromatic rings. The molecule has 7 nitrogen and oxygen atoms in total. The number of hydrogen-bond acceptors (Lipinski definition) is 5. The average Bonchev–Trinajstić information content (AvgIpc) is 2.79. The highest BCUT2D eigenvalue weighted by Gasteiger charge is 2.15. The van der Waals surface area contributed by atoms with Gasteiger partial charge in [0.25, 0.3) is 0 Å². The van der Waals surface area contributed by atoms with E-state index in [1.165, 1.54) is 0 Å². The summed E-state index contributed by atoms with van der Waals surface area (Å²) in [6.45, 7) is 1.77. The largest absolute Gasteiger partial charge is 0.497 e. The number of anilines is 2. The van der Waals surface area contributed by atoms with Crippen molar-refractivity contribution < 1.29 is 19.1 Å². The third-order valence-electron chi connectivity index (χ3n) is 4.81. The van der Waals surface area contributed by atoms with E-state index in [0.717, 1.165) is 28.3 Å². The van der Waals surface area contributed by atoms with Crippen molar-refractivity contribution in [3.8, 4) is 22.6 Å². The van der Waals surface area contributed by atoms with E-state index in [1.54, 1.807) is 45.4 Å². The van der Waals surface area contributed by atoms with Gasteiger partial charge in [-0.15, -0.1) is 0 Å². The molecule has 1 atom stereocenters. The third kappa shape index (κ3) is 5.33. The molecule has 0 aliphatic carbocycles. The van der Waals surface area contributed by atoms with Crippen LogP contribution in [0.5, 0.6) is 11.5 Å². The molecular weight excluding hydrogens is 394 g/mol. The first-order valence-corrected chi connectivity index (χ1v) is 9.71. The Morgan fingerprint density at radius 3 is 2.10 bits per heavy atom. The summed E-state index contributed by atoms with van der Waals surface area (Å²) >= 11 is 0. The van der Waals surface area contributed by atoms with Gasteiger partial charge in [-0.05, 0) is 67.1 Å². The van der Waals surface area contributed by atoms with Gasteiger partial charge in [0.1, 0.15) is 17.5 Å². The number of carbonyl (C=O) groups excluding carboxylic acids is 2. The summed E-state index contributed by atoms with van der Waals surface area (Å²) in [5.41, 5.74) is 8.84. The number of nitrogens with one attached hydrogen (secondary N) is 2. The Morgan fingerprint density at radius 1 is 0.871 bits per heavy atom. The number of rotatable bonds is 8. The second kappa shape index (κ2) is 9.67. The van der Waals surface area contributed by atoms with Crippen molar-refractivity contribution in [2.24, 2.45) is 5.73 Å². The Hall–Kier alpha value is -4.00. The van der Waals surface area contributed by atoms with Crippen molar-refractivity contribution in [2.75, 3.05) is 24.9 Å². The van der Waals surface area contributed by atoms with Gasteiger partial charge in [0.05, 0.1) is 14.2 Å². The number of hydrogen-bond donors (Lipinski definition) is 3. The van der Waals surface area contributed by atoms with E-state index in [1.807, 2.05) is 42.5 Å². The Balaban J connectivity index is 1.73. The van der Waals surface area contributed by atoms with E-state index >= 15 is 0 Å². The maximum atomic E-state index is 12.6. The molecule has 160 valence electrons. The lowest BCUT2D eigenvalue weighted by atomic mass is 10.0. The Bertz CT molecular complexity index is 1060. The summed E-state index contributed by atoms with van der Waals surface area (Å²) in [5, 5.41) is 6.03. The highest BCUT2D eigenvalue weighted by atomic mass is 16.5. The lowest BCUT2D eigenvalue weighted by molar-refractivity contribution is -0.116. The van der Waals surface area contributed by atoms with Gasteiger partial charge in [0.2, 0.25) is 11.8 Å². The number of primary amides is 1. The molecule has 2 amide bonds. The third-order valence-corrected chi connectivity index (χ3v) is 4.81. The van der Waals surface area contributed by atoms with Crippen molar-refractivity contribution in [2.45, 2.75) is 13.0 Å². The molecule has 31 heavy (non-hydrogen) atoms. The van der Waals surface area contributed by atoms with Gasteiger partial charge >= 0.3 is 0 Å². The zero-order valence-corrected chi connectivity index (χ0v) is 17.6. The van der Waals surface area contributed by atoms with Gasteiger partial charge in [-0.3, -0.25) is 9.59 Å². The van der Waals surface area contributed by atoms with Crippen molar-refractivity contribution in [3.05, 3.63) is 72.3 Å². The quantitative estimate of drug-likeness (QED) is 0.514. The van der Waals surface area contributed by atoms with E-state index < -0.39 is 11.9 Å². The predicted octanol–water partition coefficient (Wildman–Crippen LogP) is 3.91. The predicted molar refractivity (Wildman–Crippen MR) is 122 cm³/mol. The van der Waals surface area contributed by atoms with Crippen LogP contribution in [-0.2, 0) is 4.79 Å². The Labute approximate surface area is 181 Å². The molecule has 7 heteroatoms. The molecule has 0 saturated carbocycles. The first kappa shape index (κ1) is 21.7. The number of benzene rings is 3. The summed E-state index contributed by atoms with van der Waals surface area (Å²) in [7, 11) is 3.24. The zero-order chi connectivity index (χ0) is 22.4. The Kier molecular flexibility index (Phi) is 6.77. The highest BCUT2D eigenvalue weighted by Crippen LogP contribution is 2.33. The number of carbonyl (C=O) groups is 2. The minimum Gasteiger partial charge on any atom is -0.497 e. The maximum absolute atomic E-state index is 12.6. The van der Waals surface area contributed by atoms with Gasteiger partial charge in [-0.25, -0.2) is 0 Å². The zero-order valence-electron chi connectivity index (χ0n) is 17.6. The molecule has 0 radical (unpaired) electrons. The van der Waals surface area contributed by atoms with Crippen molar-refractivity contribution in [3.63, 3.8) is 0 Å². The van der Waals surface area contributed by atoms with E-state index in [-0.39, 0.29) is 5.91 Å². The minimum atomic E-state index is -0.514. The summed E-state index contributed by atoms with van der Waals surface area (Å²) in [6, 6.07) is 19.2. The van der Waals surface area contributed by atoms with Crippen molar-refractivity contribution in [1.82, 2.24) is 0 Å². The van der Waals surface area contributed by atoms with Gasteiger partial charge < -0.3 is 25.8 Å². The van der Waals surface area contributed by atoms with Crippen LogP contribution in [-0.4, -0.2) is 32.1 Å². The molecule has 0 spiro atoms. The van der Waals surface area contributed by atoms with Crippen LogP contribution >= 0.6 is 0 Å². The van der Waals surface area contributed by atoms with E-state index in [0.29, 0.717) is 11.3 Å². The lowest BCUT2D eigenvalue weighted by Gasteiger charge is -2.17. The molecule has 3 rings (SSSR count). The van der Waals surface area contributed by atoms with Crippen LogP contribution in [0.2, 0.25) is 0 Å². The molecule has 1 unspecified atom stereocenters. The number of ether oxygens (including phenoxy) is 2. The minimum absolute atomic E-state index is 0.214. The summed E-state index contributed by atoms with van der Waals surface area (Å²) < 4.78 is 10.7. The van der Waals surface area contributed by atoms with Gasteiger partial charge in [0, 0.05) is 22.5 Å². The summed E-state index contributed by atoms with van der Waals surface area (Å²) in [4.78, 5) is 23.7. The van der Waals surface area contributed by atoms with E-state index in [4.69, 9.17) is 15.2 Å². The van der Waals surface area contributed by atoms with E-state index in [9.17, 15) is 9.59 Å². The Morgan fingerprint density at radius 2 is 1.52 bits per heavy atom. The average molecular weight is 419 g/mol. The van der Waals surface area contributed by atoms with Crippen LogP contribution in [0.1, 0.15) is 17.3 Å². The summed E-state index contributed by atoms with van der Waals surface area (Å²) in [5.74, 6) is 0.766. The number of nitrogens with two attached hydrogens (primary N) is 1. The molecule has 0 aliphatic rings. The monoisotopic (exact) mass is 419 g/mol. The van der Waals surface area contributed by atoms with Gasteiger partial charge in [0.15, 0.2) is 0 Å². The molecule has 0 aliphatic heterocycles. The molecule has 0 bridgehead atoms. The molecular formula is C24H25N3O4. The standard InChI is InChI=1S/C24H25N3O4/c1-15(24(29)27-18-8-4-17(5-9-18)23(25)28)26-19-10-13-22(31-3)21(14-19)16-6-11-20(30-2)12-7-16/h4-15,26H,1-3H3,(H2,25,28)(H,27,29). The van der Waals surface area contributed by atoms with E-state index in [2.05, 4.69) is 10.6 Å². The lowest BCUT2D eigenvalue weighted by Crippen LogP contribution is -2.31. The molecule has 0 heterocycles. The fourth-order valence-corrected chi connectivity index (χ4v) is 3.08. The SMILES string of the molecule is COc1ccc(-c2cc(NC(C)C(=O)Nc3ccc(C(N)=O)cc3)ccc2OC)cc1. The highest BCUT2D eigenvalue weighted by molar-refractivity contribution is 5.97. The van der Waals surface area contributed by atoms with Crippen molar-refractivity contribution in [1.29, 1.82) is 0 Å². The van der Waals surface area contributed by atoms with Gasteiger partial charge in [-0.2, -0.15) is 0 Å². The van der Waals surface area contributed by atoms with Crippen LogP contribution in [0.15, 0.2) is 66.7 Å². The number of methoxy groups -OCH3 is 2. The van der Waals surface area contributed by atoms with Crippen LogP contribution in [0, 0.1) is 0 Å². The second-order valence-electron chi connectivity index (χ2n) is 6.94. The van der Waals surface area contributed by atoms with Crippen LogP contribution in [0.3, 0.4) is 0 Å². The first-order chi connectivity index (χ1) is 14.9. The first-order valence-electron chi connectivity index (χ1n) is 9.71. The molecule has 0 fully saturated rings. The fraction of sp³-hybridized carbons (Fsp3) is 0.167. The summed E-state index contributed by atoms with van der Waals surface area (Å²) in [6.07, 6.45) is 0. The maximum Gasteiger partial charge on any atom is 0.248 e. The molecule has 0 aromatic heterocycles. The number of amides is 2. The normalized spacial score (nSPS) is 11.3. The molecule has 0 saturated heterocycles. The van der Waals surface area contributed by atoms with Gasteiger partial charge in [-0.1, -0.05) is 12.1 Å². The fourth-order valence-electron chi connectivity index (χ4n) is 3.08. The second-order valence-corrected chi connectivity index (χ2v) is 6.94. The smallest absolute Gasteiger partial charge is 0.248 e. The van der Waals surface area contributed by atoms with Crippen molar-refractivity contribution >= 4 is 23.2 Å². The molecule has 3 aromatic carbocycles. The topological polar surface area (TPSA) is 103 Å². The van der Waals surface area contributed by atoms with Crippen LogP contribution in [0.25, 0.3) is 11.1 Å². The molecule has 4 N–H and O–H groups in total.